The third kappa shape index (κ3) is 2.96. The van der Waals surface area contributed by atoms with E-state index in [-0.39, 0.29) is 0 Å². The van der Waals surface area contributed by atoms with E-state index in [4.69, 9.17) is 11.6 Å². The summed E-state index contributed by atoms with van der Waals surface area (Å²) in [5.41, 5.74) is 0. The smallest absolute Gasteiger partial charge is 0.0931 e. The molecule has 0 spiro atoms. The Hall–Kier alpha value is -0.0500. The molecular formula is C12H18ClNS. The second-order valence-electron chi connectivity index (χ2n) is 4.42. The lowest BCUT2D eigenvalue weighted by Gasteiger charge is -2.18. The summed E-state index contributed by atoms with van der Waals surface area (Å²) in [5.74, 6) is 1.74. The van der Waals surface area contributed by atoms with Crippen LogP contribution < -0.4 is 5.32 Å². The quantitative estimate of drug-likeness (QED) is 0.853. The highest BCUT2D eigenvalue weighted by Gasteiger charge is 2.26. The normalized spacial score (nSPS) is 26.0. The number of rotatable bonds is 4. The van der Waals surface area contributed by atoms with E-state index in [0.29, 0.717) is 0 Å². The van der Waals surface area contributed by atoms with E-state index >= 15 is 0 Å². The fourth-order valence-corrected chi connectivity index (χ4v) is 3.81. The maximum absolute atomic E-state index is 5.95. The SMILES string of the molecule is CNCC1CCCC1Cc1ccc(Cl)s1. The third-order valence-corrected chi connectivity index (χ3v) is 4.63. The summed E-state index contributed by atoms with van der Waals surface area (Å²) in [4.78, 5) is 1.45. The molecule has 0 amide bonds. The average Bonchev–Trinajstić information content (AvgIpc) is 2.78. The van der Waals surface area contributed by atoms with E-state index < -0.39 is 0 Å². The molecule has 1 aromatic rings. The van der Waals surface area contributed by atoms with Crippen LogP contribution in [0.2, 0.25) is 4.34 Å². The van der Waals surface area contributed by atoms with Crippen molar-refractivity contribution in [3.8, 4) is 0 Å². The number of hydrogen-bond donors (Lipinski definition) is 1. The van der Waals surface area contributed by atoms with Gasteiger partial charge in [-0.15, -0.1) is 11.3 Å². The minimum atomic E-state index is 0.868. The zero-order chi connectivity index (χ0) is 10.7. The van der Waals surface area contributed by atoms with Crippen molar-refractivity contribution in [2.45, 2.75) is 25.7 Å². The Morgan fingerprint density at radius 3 is 2.87 bits per heavy atom. The van der Waals surface area contributed by atoms with Crippen molar-refractivity contribution < 1.29 is 0 Å². The molecule has 0 aromatic carbocycles. The monoisotopic (exact) mass is 243 g/mol. The molecule has 1 N–H and O–H groups in total. The molecule has 0 aliphatic heterocycles. The first kappa shape index (κ1) is 11.4. The largest absolute Gasteiger partial charge is 0.319 e. The molecule has 1 aromatic heterocycles. The Morgan fingerprint density at radius 1 is 1.40 bits per heavy atom. The molecule has 1 nitrogen and oxygen atoms in total. The Morgan fingerprint density at radius 2 is 2.20 bits per heavy atom. The van der Waals surface area contributed by atoms with Crippen LogP contribution in [0.25, 0.3) is 0 Å². The highest BCUT2D eigenvalue weighted by molar-refractivity contribution is 7.16. The van der Waals surface area contributed by atoms with Gasteiger partial charge >= 0.3 is 0 Å². The molecule has 1 heterocycles. The fourth-order valence-electron chi connectivity index (χ4n) is 2.63. The summed E-state index contributed by atoms with van der Waals surface area (Å²) in [6.45, 7) is 1.17. The molecule has 1 aliphatic carbocycles. The van der Waals surface area contributed by atoms with Gasteiger partial charge in [0.2, 0.25) is 0 Å². The maximum atomic E-state index is 5.95. The van der Waals surface area contributed by atoms with Crippen molar-refractivity contribution in [3.63, 3.8) is 0 Å². The molecule has 2 rings (SSSR count). The number of thiophene rings is 1. The molecule has 15 heavy (non-hydrogen) atoms. The van der Waals surface area contributed by atoms with Gasteiger partial charge < -0.3 is 5.32 Å². The van der Waals surface area contributed by atoms with Crippen molar-refractivity contribution in [3.05, 3.63) is 21.3 Å². The van der Waals surface area contributed by atoms with Gasteiger partial charge in [0.1, 0.15) is 0 Å². The predicted molar refractivity (Wildman–Crippen MR) is 67.8 cm³/mol. The van der Waals surface area contributed by atoms with Gasteiger partial charge in [-0.25, -0.2) is 0 Å². The summed E-state index contributed by atoms with van der Waals surface area (Å²) >= 11 is 7.69. The van der Waals surface area contributed by atoms with Gasteiger partial charge in [0.05, 0.1) is 4.34 Å². The van der Waals surface area contributed by atoms with Crippen LogP contribution in [0.15, 0.2) is 12.1 Å². The first-order chi connectivity index (χ1) is 7.29. The molecule has 0 radical (unpaired) electrons. The lowest BCUT2D eigenvalue weighted by atomic mass is 9.92. The maximum Gasteiger partial charge on any atom is 0.0931 e. The molecule has 2 atom stereocenters. The Labute approximate surface area is 101 Å². The molecular weight excluding hydrogens is 226 g/mol. The van der Waals surface area contributed by atoms with E-state index in [0.717, 1.165) is 16.2 Å². The van der Waals surface area contributed by atoms with Gasteiger partial charge in [-0.3, -0.25) is 0 Å². The number of hydrogen-bond acceptors (Lipinski definition) is 2. The highest BCUT2D eigenvalue weighted by atomic mass is 35.5. The fraction of sp³-hybridized carbons (Fsp3) is 0.667. The van der Waals surface area contributed by atoms with Gasteiger partial charge in [0.15, 0.2) is 0 Å². The van der Waals surface area contributed by atoms with Crippen LogP contribution in [-0.4, -0.2) is 13.6 Å². The zero-order valence-corrected chi connectivity index (χ0v) is 10.7. The lowest BCUT2D eigenvalue weighted by Crippen LogP contribution is -2.22. The molecule has 0 bridgehead atoms. The van der Waals surface area contributed by atoms with Crippen LogP contribution >= 0.6 is 22.9 Å². The molecule has 84 valence electrons. The van der Waals surface area contributed by atoms with E-state index in [2.05, 4.69) is 18.4 Å². The van der Waals surface area contributed by atoms with Gasteiger partial charge in [0.25, 0.3) is 0 Å². The third-order valence-electron chi connectivity index (χ3n) is 3.38. The molecule has 2 unspecified atom stereocenters. The van der Waals surface area contributed by atoms with Crippen molar-refractivity contribution in [1.82, 2.24) is 5.32 Å². The Kier molecular flexibility index (Phi) is 4.06. The van der Waals surface area contributed by atoms with Crippen molar-refractivity contribution >= 4 is 22.9 Å². The number of nitrogens with one attached hydrogen (secondary N) is 1. The summed E-state index contributed by atoms with van der Waals surface area (Å²) in [7, 11) is 2.05. The van der Waals surface area contributed by atoms with Gasteiger partial charge in [0, 0.05) is 4.88 Å². The Bertz CT molecular complexity index is 310. The first-order valence-corrected chi connectivity index (χ1v) is 6.88. The van der Waals surface area contributed by atoms with Crippen LogP contribution in [0.4, 0.5) is 0 Å². The lowest BCUT2D eigenvalue weighted by molar-refractivity contribution is 0.376. The van der Waals surface area contributed by atoms with Crippen molar-refractivity contribution in [2.75, 3.05) is 13.6 Å². The van der Waals surface area contributed by atoms with Crippen LogP contribution in [0.3, 0.4) is 0 Å². The van der Waals surface area contributed by atoms with E-state index in [1.54, 1.807) is 11.3 Å². The standard InChI is InChI=1S/C12H18ClNS/c1-14-8-10-4-2-3-9(10)7-11-5-6-12(13)15-11/h5-6,9-10,14H,2-4,7-8H2,1H3. The van der Waals surface area contributed by atoms with Crippen molar-refractivity contribution in [2.24, 2.45) is 11.8 Å². The van der Waals surface area contributed by atoms with E-state index in [1.807, 2.05) is 6.07 Å². The predicted octanol–water partition coefficient (Wildman–Crippen LogP) is 3.58. The van der Waals surface area contributed by atoms with Crippen LogP contribution in [0.1, 0.15) is 24.1 Å². The Balaban J connectivity index is 1.93. The molecule has 0 saturated heterocycles. The molecule has 1 saturated carbocycles. The highest BCUT2D eigenvalue weighted by Crippen LogP contribution is 2.35. The van der Waals surface area contributed by atoms with Gasteiger partial charge in [-0.1, -0.05) is 18.0 Å². The molecule has 1 fully saturated rings. The minimum absolute atomic E-state index is 0.868. The van der Waals surface area contributed by atoms with Gasteiger partial charge in [-0.2, -0.15) is 0 Å². The van der Waals surface area contributed by atoms with Crippen LogP contribution in [-0.2, 0) is 6.42 Å². The molecule has 3 heteroatoms. The summed E-state index contributed by atoms with van der Waals surface area (Å²) < 4.78 is 0.924. The summed E-state index contributed by atoms with van der Waals surface area (Å²) in [6.07, 6.45) is 5.41. The second kappa shape index (κ2) is 5.33. The molecule has 1 aliphatic rings. The second-order valence-corrected chi connectivity index (χ2v) is 6.22. The summed E-state index contributed by atoms with van der Waals surface area (Å²) in [6, 6.07) is 4.20. The van der Waals surface area contributed by atoms with E-state index in [1.165, 1.54) is 37.1 Å². The first-order valence-electron chi connectivity index (χ1n) is 5.68. The van der Waals surface area contributed by atoms with Crippen LogP contribution in [0, 0.1) is 11.8 Å². The van der Waals surface area contributed by atoms with Crippen molar-refractivity contribution in [1.29, 1.82) is 0 Å². The number of halogens is 1. The van der Waals surface area contributed by atoms with Gasteiger partial charge in [-0.05, 0) is 56.8 Å². The topological polar surface area (TPSA) is 12.0 Å². The zero-order valence-electron chi connectivity index (χ0n) is 9.13. The summed E-state index contributed by atoms with van der Waals surface area (Å²) in [5, 5.41) is 3.31. The van der Waals surface area contributed by atoms with Crippen LogP contribution in [0.5, 0.6) is 0 Å². The minimum Gasteiger partial charge on any atom is -0.319 e. The average molecular weight is 244 g/mol. The van der Waals surface area contributed by atoms with E-state index in [9.17, 15) is 0 Å².